The molecule has 426 valence electrons. The number of methoxy groups -OCH3 is 1. The van der Waals surface area contributed by atoms with Crippen LogP contribution >= 0.6 is 0 Å². The molecule has 75 heavy (non-hydrogen) atoms. The number of esters is 1. The minimum atomic E-state index is -1.78. The lowest BCUT2D eigenvalue weighted by atomic mass is 9.68. The van der Waals surface area contributed by atoms with Crippen molar-refractivity contribution in [1.29, 1.82) is 0 Å². The predicted molar refractivity (Wildman–Crippen MR) is 288 cm³/mol. The average molecular weight is 1060 g/mol. The molecule has 0 aliphatic carbocycles. The third-order valence-corrected chi connectivity index (χ3v) is 17.3. The molecule has 2 aromatic rings. The van der Waals surface area contributed by atoms with Crippen molar-refractivity contribution in [2.24, 2.45) is 23.7 Å². The Kier molecular flexibility index (Phi) is 21.2. The van der Waals surface area contributed by atoms with E-state index in [0.717, 1.165) is 62.3 Å². The molecular formula is C56H97N9O10. The smallest absolute Gasteiger partial charge is 0.309 e. The zero-order valence-electron chi connectivity index (χ0n) is 48.1. The van der Waals surface area contributed by atoms with Crippen LogP contribution in [0, 0.1) is 23.7 Å². The molecule has 0 spiro atoms. The van der Waals surface area contributed by atoms with Gasteiger partial charge in [-0.1, -0.05) is 45.0 Å². The second-order valence-corrected chi connectivity index (χ2v) is 23.7. The number of cyclic esters (lactones) is 1. The monoisotopic (exact) mass is 1060 g/mol. The van der Waals surface area contributed by atoms with E-state index in [2.05, 4.69) is 87.4 Å². The van der Waals surface area contributed by atoms with Crippen LogP contribution in [0.3, 0.4) is 0 Å². The highest BCUT2D eigenvalue weighted by atomic mass is 16.7. The molecule has 3 saturated heterocycles. The summed E-state index contributed by atoms with van der Waals surface area (Å²) in [4.78, 5) is 19.0. The number of aryl methyl sites for hydroxylation is 1. The number of nitrogens with zero attached hydrogens (tertiary/aromatic N) is 7. The van der Waals surface area contributed by atoms with E-state index in [9.17, 15) is 25.2 Å². The van der Waals surface area contributed by atoms with Crippen molar-refractivity contribution in [2.45, 2.75) is 211 Å². The van der Waals surface area contributed by atoms with Crippen LogP contribution in [0.15, 0.2) is 42.4 Å². The first-order valence-corrected chi connectivity index (χ1v) is 27.9. The number of aromatic nitrogens is 3. The number of carbonyl (C=O) groups is 1. The van der Waals surface area contributed by atoms with Crippen LogP contribution in [0.1, 0.15) is 132 Å². The number of carbonyl (C=O) groups excluding carboxylic acids is 1. The zero-order valence-corrected chi connectivity index (χ0v) is 48.1. The van der Waals surface area contributed by atoms with Gasteiger partial charge in [0, 0.05) is 89.5 Å². The minimum absolute atomic E-state index is 0.0897. The first-order valence-electron chi connectivity index (χ1n) is 27.9. The Morgan fingerprint density at radius 1 is 0.960 bits per heavy atom. The Labute approximate surface area is 448 Å². The van der Waals surface area contributed by atoms with Crippen molar-refractivity contribution in [3.8, 4) is 5.69 Å². The van der Waals surface area contributed by atoms with Crippen molar-refractivity contribution in [2.75, 3.05) is 54.9 Å². The maximum Gasteiger partial charge on any atom is 0.309 e. The Hall–Kier alpha value is -3.31. The molecule has 0 bridgehead atoms. The number of benzene rings is 1. The standard InChI is InChI=1S/C56H97N9O10/c1-16-47-56(10,70)50(66)39(6)62(13)32-35(2)29-54(8,69)52(37(4)49(38(5)53(68)74-47)46-30-55(9,71-15)51(67)40(7)73-46)75-48-28-45(27-36(3)72-48)61(12)26-24-42-33-64(63(14)59-42)25-18-17-19-41-20-22-44(23-21-41)65-34-43(31-57-11)58-60-65/h20-23,33-40,45-52,57,59,66-67,69-70H,16-19,24-32H2,1-15H3/t35-,36-,37+,38-,39-,40+,45+,46-,47-,48+,49?,50-,51+,52-,54-,55-,56-/m1/s1. The molecule has 0 saturated carbocycles. The molecule has 0 radical (unpaired) electrons. The molecular weight excluding hydrogens is 959 g/mol. The van der Waals surface area contributed by atoms with E-state index in [-0.39, 0.29) is 30.9 Å². The van der Waals surface area contributed by atoms with Gasteiger partial charge in [-0.25, -0.2) is 4.68 Å². The first-order chi connectivity index (χ1) is 35.3. The Balaban J connectivity index is 1.15. The largest absolute Gasteiger partial charge is 0.459 e. The Morgan fingerprint density at radius 3 is 2.33 bits per heavy atom. The maximum atomic E-state index is 14.7. The second-order valence-electron chi connectivity index (χ2n) is 23.7. The number of nitrogens with one attached hydrogen (secondary N) is 2. The van der Waals surface area contributed by atoms with Gasteiger partial charge in [0.1, 0.15) is 23.9 Å². The summed E-state index contributed by atoms with van der Waals surface area (Å²) in [5.74, 6) is -2.66. The number of aliphatic hydroxyl groups is 4. The van der Waals surface area contributed by atoms with E-state index in [4.69, 9.17) is 23.7 Å². The molecule has 1 aromatic heterocycles. The highest BCUT2D eigenvalue weighted by molar-refractivity contribution is 5.73. The molecule has 3 fully saturated rings. The molecule has 17 atom stereocenters. The molecule has 5 heterocycles. The summed E-state index contributed by atoms with van der Waals surface area (Å²) in [6.45, 7) is 21.5. The molecule has 19 nitrogen and oxygen atoms in total. The lowest BCUT2D eigenvalue weighted by molar-refractivity contribution is -0.275. The number of aliphatic hydroxyl groups excluding tert-OH is 2. The average Bonchev–Trinajstić information content (AvgIpc) is 3.98. The van der Waals surface area contributed by atoms with Crippen molar-refractivity contribution in [3.63, 3.8) is 0 Å². The van der Waals surface area contributed by atoms with Crippen LogP contribution in [0.5, 0.6) is 0 Å². The molecule has 6 N–H and O–H groups in total. The summed E-state index contributed by atoms with van der Waals surface area (Å²) in [5, 5.41) is 63.8. The number of hydrogen-bond acceptors (Lipinski definition) is 18. The Bertz CT molecular complexity index is 2130. The molecule has 6 rings (SSSR count). The van der Waals surface area contributed by atoms with Gasteiger partial charge in [-0.3, -0.25) is 9.80 Å². The summed E-state index contributed by atoms with van der Waals surface area (Å²) in [6, 6.07) is 8.15. The summed E-state index contributed by atoms with van der Waals surface area (Å²) in [6.07, 6.45) is 4.13. The number of hydrogen-bond donors (Lipinski definition) is 6. The van der Waals surface area contributed by atoms with Crippen molar-refractivity contribution >= 4 is 5.97 Å². The van der Waals surface area contributed by atoms with E-state index in [1.807, 2.05) is 71.5 Å². The summed E-state index contributed by atoms with van der Waals surface area (Å²) in [5.41, 5.74) is 3.68. The fourth-order valence-electron chi connectivity index (χ4n) is 12.7. The predicted octanol–water partition coefficient (Wildman–Crippen LogP) is 4.80. The van der Waals surface area contributed by atoms with Crippen LogP contribution in [-0.4, -0.2) is 194 Å². The summed E-state index contributed by atoms with van der Waals surface area (Å²) in [7, 11) is 9.57. The fourth-order valence-corrected chi connectivity index (χ4v) is 12.7. The molecule has 4 aliphatic heterocycles. The van der Waals surface area contributed by atoms with Crippen molar-refractivity contribution < 1.29 is 48.9 Å². The van der Waals surface area contributed by atoms with Gasteiger partial charge in [-0.05, 0) is 131 Å². The van der Waals surface area contributed by atoms with Crippen LogP contribution in [0.25, 0.3) is 5.69 Å². The van der Waals surface area contributed by atoms with Gasteiger partial charge in [0.25, 0.3) is 0 Å². The minimum Gasteiger partial charge on any atom is -0.459 e. The lowest BCUT2D eigenvalue weighted by Gasteiger charge is -2.51. The number of unbranched alkanes of at least 4 members (excludes halogenated alkanes) is 1. The van der Waals surface area contributed by atoms with Crippen molar-refractivity contribution in [1.82, 2.24) is 45.7 Å². The number of ether oxygens (including phenoxy) is 5. The summed E-state index contributed by atoms with van der Waals surface area (Å²) < 4.78 is 34.5. The van der Waals surface area contributed by atoms with Gasteiger partial charge in [0.05, 0.1) is 59.1 Å². The van der Waals surface area contributed by atoms with Crippen LogP contribution in [-0.2, 0) is 41.4 Å². The highest BCUT2D eigenvalue weighted by Gasteiger charge is 2.54. The maximum absolute atomic E-state index is 14.7. The number of hydrazine groups is 2. The topological polar surface area (TPSA) is 212 Å². The van der Waals surface area contributed by atoms with Crippen LogP contribution < -0.4 is 10.7 Å². The first kappa shape index (κ1) is 60.9. The fraction of sp³-hybridized carbons (Fsp3) is 0.804. The van der Waals surface area contributed by atoms with Gasteiger partial charge < -0.3 is 64.7 Å². The normalized spacial score (nSPS) is 38.2. The molecule has 1 aromatic carbocycles. The quantitative estimate of drug-likeness (QED) is 0.0929. The van der Waals surface area contributed by atoms with Gasteiger partial charge in [0.15, 0.2) is 6.29 Å². The van der Waals surface area contributed by atoms with Crippen molar-refractivity contribution in [3.05, 3.63) is 53.6 Å². The molecule has 1 unspecified atom stereocenters. The highest BCUT2D eigenvalue weighted by Crippen LogP contribution is 2.45. The zero-order chi connectivity index (χ0) is 55.2. The van der Waals surface area contributed by atoms with E-state index in [1.54, 1.807) is 21.0 Å². The van der Waals surface area contributed by atoms with Crippen LogP contribution in [0.4, 0.5) is 0 Å². The van der Waals surface area contributed by atoms with Gasteiger partial charge in [0.2, 0.25) is 0 Å². The Morgan fingerprint density at radius 2 is 1.67 bits per heavy atom. The van der Waals surface area contributed by atoms with E-state index < -0.39 is 89.5 Å². The van der Waals surface area contributed by atoms with E-state index in [0.29, 0.717) is 25.9 Å². The van der Waals surface area contributed by atoms with E-state index in [1.165, 1.54) is 12.5 Å². The molecule has 0 amide bonds. The van der Waals surface area contributed by atoms with Gasteiger partial charge in [-0.15, -0.1) is 10.2 Å². The number of rotatable bonds is 17. The molecule has 19 heteroatoms. The summed E-state index contributed by atoms with van der Waals surface area (Å²) >= 11 is 0. The SMILES string of the molecule is CC[C@H]1OC(=O)[C@H](C)C([C@H]2C[C@@](C)(OC)[C@@H](O)[C@H](C)O2)[C@H](C)[C@@H](O[C@H]2C[C@@H](N(C)CCC3=CN(CCCCc4ccc(-n5cc(CNC)nn5)cc4)N(C)N3)C[C@@H](C)O2)[C@](C)(O)C[C@@H](C)CN(C)[C@H](C)[C@@H](O)[C@]1(C)O. The third kappa shape index (κ3) is 14.9. The molecule has 4 aliphatic rings. The number of likely N-dealkylation sites (N-methyl/N-ethyl adjacent to an activating group) is 1. The van der Waals surface area contributed by atoms with Crippen LogP contribution in [0.2, 0.25) is 0 Å². The van der Waals surface area contributed by atoms with Gasteiger partial charge >= 0.3 is 5.97 Å². The van der Waals surface area contributed by atoms with Gasteiger partial charge in [-0.2, -0.15) is 0 Å². The van der Waals surface area contributed by atoms with E-state index >= 15 is 0 Å². The lowest BCUT2D eigenvalue weighted by Crippen LogP contribution is -2.61. The third-order valence-electron chi connectivity index (χ3n) is 17.3. The second kappa shape index (κ2) is 26.1.